The molecule has 2 rings (SSSR count). The van der Waals surface area contributed by atoms with Crippen LogP contribution in [0.5, 0.6) is 0 Å². The first kappa shape index (κ1) is 14.1. The van der Waals surface area contributed by atoms with Crippen LogP contribution in [0.3, 0.4) is 0 Å². The molecule has 2 fully saturated rings. The van der Waals surface area contributed by atoms with Gasteiger partial charge in [-0.1, -0.05) is 46.0 Å². The van der Waals surface area contributed by atoms with Gasteiger partial charge in [-0.25, -0.2) is 0 Å². The number of hydrogen-bond donors (Lipinski definition) is 2. The second-order valence-corrected chi connectivity index (χ2v) is 6.73. The Hall–Kier alpha value is -0.310. The molecule has 3 heteroatoms. The van der Waals surface area contributed by atoms with E-state index in [0.29, 0.717) is 12.1 Å². The Balaban J connectivity index is 1.75. The molecule has 104 valence electrons. The lowest BCUT2D eigenvalue weighted by atomic mass is 9.78. The van der Waals surface area contributed by atoms with E-state index >= 15 is 0 Å². The molecule has 18 heavy (non-hydrogen) atoms. The summed E-state index contributed by atoms with van der Waals surface area (Å²) in [6, 6.07) is 1.20. The maximum absolute atomic E-state index is 5.49. The number of thiocarbonyl (C=S) groups is 1. The minimum Gasteiger partial charge on any atom is -0.360 e. The molecule has 0 bridgehead atoms. The third-order valence-electron chi connectivity index (χ3n) is 4.96. The Bertz CT molecular complexity index is 274. The lowest BCUT2D eigenvalue weighted by molar-refractivity contribution is 0.224. The van der Waals surface area contributed by atoms with E-state index in [-0.39, 0.29) is 0 Å². The van der Waals surface area contributed by atoms with Gasteiger partial charge in [0.25, 0.3) is 0 Å². The largest absolute Gasteiger partial charge is 0.360 e. The van der Waals surface area contributed by atoms with E-state index < -0.39 is 0 Å². The second-order valence-electron chi connectivity index (χ2n) is 6.33. The van der Waals surface area contributed by atoms with E-state index in [2.05, 4.69) is 24.5 Å². The summed E-state index contributed by atoms with van der Waals surface area (Å²) in [5, 5.41) is 7.98. The molecule has 2 saturated carbocycles. The average Bonchev–Trinajstić information content (AvgIpc) is 2.36. The van der Waals surface area contributed by atoms with Crippen molar-refractivity contribution in [1.29, 1.82) is 0 Å². The Labute approximate surface area is 117 Å². The van der Waals surface area contributed by atoms with Gasteiger partial charge in [0.15, 0.2) is 5.11 Å². The van der Waals surface area contributed by atoms with E-state index in [1.54, 1.807) is 0 Å². The van der Waals surface area contributed by atoms with Crippen molar-refractivity contribution in [3.8, 4) is 0 Å². The summed E-state index contributed by atoms with van der Waals surface area (Å²) in [6.07, 6.45) is 10.7. The molecule has 0 aromatic carbocycles. The van der Waals surface area contributed by atoms with Gasteiger partial charge in [-0.3, -0.25) is 0 Å². The minimum atomic E-state index is 0.581. The fourth-order valence-corrected chi connectivity index (χ4v) is 3.75. The molecular formula is C15H28N2S. The van der Waals surface area contributed by atoms with E-state index in [1.807, 2.05) is 0 Å². The molecule has 0 aromatic rings. The maximum Gasteiger partial charge on any atom is 0.166 e. The molecule has 0 heterocycles. The Morgan fingerprint density at radius 1 is 0.889 bits per heavy atom. The first-order valence-corrected chi connectivity index (χ1v) is 8.14. The Morgan fingerprint density at radius 3 is 2.33 bits per heavy atom. The molecule has 0 spiro atoms. The van der Waals surface area contributed by atoms with Crippen molar-refractivity contribution in [2.75, 3.05) is 0 Å². The topological polar surface area (TPSA) is 24.1 Å². The molecule has 2 aliphatic rings. The average molecular weight is 268 g/mol. The van der Waals surface area contributed by atoms with Gasteiger partial charge in [0.2, 0.25) is 0 Å². The highest BCUT2D eigenvalue weighted by Crippen LogP contribution is 2.29. The molecule has 0 amide bonds. The van der Waals surface area contributed by atoms with Crippen molar-refractivity contribution in [1.82, 2.24) is 10.6 Å². The van der Waals surface area contributed by atoms with E-state index in [1.165, 1.54) is 51.4 Å². The quantitative estimate of drug-likeness (QED) is 0.748. The normalized spacial score (nSPS) is 34.0. The first-order chi connectivity index (χ1) is 8.66. The SMILES string of the molecule is CC1CCCC(NC(=S)NC2CCCCC2)C1C. The number of rotatable bonds is 2. The van der Waals surface area contributed by atoms with Crippen LogP contribution in [-0.2, 0) is 0 Å². The van der Waals surface area contributed by atoms with Gasteiger partial charge in [-0.05, 0) is 43.3 Å². The van der Waals surface area contributed by atoms with Gasteiger partial charge in [0, 0.05) is 12.1 Å². The van der Waals surface area contributed by atoms with E-state index in [4.69, 9.17) is 12.2 Å². The molecule has 0 aliphatic heterocycles. The van der Waals surface area contributed by atoms with Gasteiger partial charge < -0.3 is 10.6 Å². The van der Waals surface area contributed by atoms with Gasteiger partial charge in [-0.2, -0.15) is 0 Å². The highest BCUT2D eigenvalue weighted by atomic mass is 32.1. The standard InChI is InChI=1S/C15H28N2S/c1-11-7-6-10-14(12(11)2)17-15(18)16-13-8-4-3-5-9-13/h11-14H,3-10H2,1-2H3,(H2,16,17,18). The second kappa shape index (κ2) is 6.74. The molecular weight excluding hydrogens is 240 g/mol. The lowest BCUT2D eigenvalue weighted by Crippen LogP contribution is -2.50. The van der Waals surface area contributed by atoms with Crippen LogP contribution in [0.2, 0.25) is 0 Å². The molecule has 2 aliphatic carbocycles. The summed E-state index contributed by atoms with van der Waals surface area (Å²) in [4.78, 5) is 0. The first-order valence-electron chi connectivity index (χ1n) is 7.74. The van der Waals surface area contributed by atoms with E-state index in [0.717, 1.165) is 16.9 Å². The van der Waals surface area contributed by atoms with Crippen molar-refractivity contribution in [3.63, 3.8) is 0 Å². The van der Waals surface area contributed by atoms with Crippen LogP contribution >= 0.6 is 12.2 Å². The van der Waals surface area contributed by atoms with Crippen LogP contribution in [0.15, 0.2) is 0 Å². The summed E-state index contributed by atoms with van der Waals surface area (Å²) in [5.74, 6) is 1.57. The Morgan fingerprint density at radius 2 is 1.61 bits per heavy atom. The van der Waals surface area contributed by atoms with Crippen molar-refractivity contribution in [2.24, 2.45) is 11.8 Å². The van der Waals surface area contributed by atoms with Gasteiger partial charge in [-0.15, -0.1) is 0 Å². The molecule has 3 unspecified atom stereocenters. The third-order valence-corrected chi connectivity index (χ3v) is 5.20. The van der Waals surface area contributed by atoms with Gasteiger partial charge in [0.05, 0.1) is 0 Å². The summed E-state index contributed by atoms with van der Waals surface area (Å²) >= 11 is 5.49. The number of hydrogen-bond acceptors (Lipinski definition) is 1. The monoisotopic (exact) mass is 268 g/mol. The molecule has 2 nitrogen and oxygen atoms in total. The maximum atomic E-state index is 5.49. The molecule has 0 saturated heterocycles. The number of nitrogens with one attached hydrogen (secondary N) is 2. The van der Waals surface area contributed by atoms with Gasteiger partial charge in [0.1, 0.15) is 0 Å². The highest BCUT2D eigenvalue weighted by molar-refractivity contribution is 7.80. The molecule has 0 radical (unpaired) electrons. The zero-order chi connectivity index (χ0) is 13.0. The molecule has 2 N–H and O–H groups in total. The Kier molecular flexibility index (Phi) is 5.28. The van der Waals surface area contributed by atoms with Crippen LogP contribution in [0, 0.1) is 11.8 Å². The minimum absolute atomic E-state index is 0.581. The van der Waals surface area contributed by atoms with Crippen molar-refractivity contribution in [3.05, 3.63) is 0 Å². The zero-order valence-corrected chi connectivity index (χ0v) is 12.7. The smallest absolute Gasteiger partial charge is 0.166 e. The van der Waals surface area contributed by atoms with Crippen LogP contribution in [0.1, 0.15) is 65.2 Å². The van der Waals surface area contributed by atoms with Crippen molar-refractivity contribution >= 4 is 17.3 Å². The van der Waals surface area contributed by atoms with Crippen molar-refractivity contribution < 1.29 is 0 Å². The highest BCUT2D eigenvalue weighted by Gasteiger charge is 2.27. The van der Waals surface area contributed by atoms with Crippen LogP contribution in [-0.4, -0.2) is 17.2 Å². The third kappa shape index (κ3) is 3.84. The predicted molar refractivity (Wildman–Crippen MR) is 81.7 cm³/mol. The molecule has 3 atom stereocenters. The lowest BCUT2D eigenvalue weighted by Gasteiger charge is -2.36. The van der Waals surface area contributed by atoms with Crippen LogP contribution in [0.25, 0.3) is 0 Å². The summed E-state index contributed by atoms with van der Waals surface area (Å²) < 4.78 is 0. The van der Waals surface area contributed by atoms with E-state index in [9.17, 15) is 0 Å². The van der Waals surface area contributed by atoms with Crippen LogP contribution < -0.4 is 10.6 Å². The predicted octanol–water partition coefficient (Wildman–Crippen LogP) is 3.61. The summed E-state index contributed by atoms with van der Waals surface area (Å²) in [5.41, 5.74) is 0. The van der Waals surface area contributed by atoms with Crippen molar-refractivity contribution in [2.45, 2.75) is 77.3 Å². The fraction of sp³-hybridized carbons (Fsp3) is 0.933. The summed E-state index contributed by atoms with van der Waals surface area (Å²) in [7, 11) is 0. The molecule has 0 aromatic heterocycles. The van der Waals surface area contributed by atoms with Crippen LogP contribution in [0.4, 0.5) is 0 Å². The fourth-order valence-electron chi connectivity index (χ4n) is 3.43. The zero-order valence-electron chi connectivity index (χ0n) is 11.9. The van der Waals surface area contributed by atoms with Gasteiger partial charge >= 0.3 is 0 Å². The summed E-state index contributed by atoms with van der Waals surface area (Å²) in [6.45, 7) is 4.74.